The Morgan fingerprint density at radius 3 is 2.80 bits per heavy atom. The average molecular weight is 357 g/mol. The van der Waals surface area contributed by atoms with E-state index in [0.29, 0.717) is 22.5 Å². The van der Waals surface area contributed by atoms with Crippen molar-refractivity contribution in [3.05, 3.63) is 47.7 Å². The highest BCUT2D eigenvalue weighted by Gasteiger charge is 2.11. The van der Waals surface area contributed by atoms with Crippen molar-refractivity contribution in [1.29, 1.82) is 0 Å². The van der Waals surface area contributed by atoms with Crippen molar-refractivity contribution in [2.75, 3.05) is 12.9 Å². The normalized spacial score (nSPS) is 11.1. The van der Waals surface area contributed by atoms with E-state index in [1.54, 1.807) is 13.2 Å². The third-order valence-electron chi connectivity index (χ3n) is 3.21. The Morgan fingerprint density at radius 2 is 2.08 bits per heavy atom. The summed E-state index contributed by atoms with van der Waals surface area (Å²) < 4.78 is 10.8. The number of benzene rings is 1. The number of methoxy groups -OCH3 is 1. The maximum absolute atomic E-state index is 10.6. The molecular formula is C17H15N3O4S. The maximum atomic E-state index is 10.6. The molecule has 0 saturated carbocycles. The van der Waals surface area contributed by atoms with Crippen molar-refractivity contribution in [2.24, 2.45) is 0 Å². The van der Waals surface area contributed by atoms with Crippen LogP contribution in [0.4, 0.5) is 0 Å². The van der Waals surface area contributed by atoms with Crippen LogP contribution in [0.1, 0.15) is 11.3 Å². The second kappa shape index (κ2) is 7.71. The molecule has 0 radical (unpaired) electrons. The molecule has 2 N–H and O–H groups in total. The number of ether oxygens (including phenoxy) is 1. The Labute approximate surface area is 147 Å². The Bertz CT molecular complexity index is 883. The van der Waals surface area contributed by atoms with E-state index >= 15 is 0 Å². The summed E-state index contributed by atoms with van der Waals surface area (Å²) in [6, 6.07) is 11.3. The van der Waals surface area contributed by atoms with Gasteiger partial charge in [-0.1, -0.05) is 30.0 Å². The molecule has 7 nitrogen and oxygen atoms in total. The Kier molecular flexibility index (Phi) is 5.20. The average Bonchev–Trinajstić information content (AvgIpc) is 3.27. The Hall–Kier alpha value is -3.00. The lowest BCUT2D eigenvalue weighted by atomic mass is 10.2. The number of nitrogens with one attached hydrogen (secondary N) is 1. The predicted octanol–water partition coefficient (Wildman–Crippen LogP) is 3.42. The summed E-state index contributed by atoms with van der Waals surface area (Å²) in [4.78, 5) is 14.8. The van der Waals surface area contributed by atoms with Crippen molar-refractivity contribution in [1.82, 2.24) is 15.2 Å². The number of carbonyl (C=O) groups is 1. The quantitative estimate of drug-likeness (QED) is 0.625. The topological polar surface area (TPSA) is 101 Å². The molecule has 3 rings (SSSR count). The zero-order chi connectivity index (χ0) is 17.6. The molecule has 0 aliphatic heterocycles. The number of carboxylic acids is 1. The molecule has 2 heterocycles. The van der Waals surface area contributed by atoms with E-state index in [9.17, 15) is 4.79 Å². The lowest BCUT2D eigenvalue weighted by molar-refractivity contribution is -0.133. The number of hydrogen-bond donors (Lipinski definition) is 2. The van der Waals surface area contributed by atoms with Gasteiger partial charge in [-0.2, -0.15) is 4.98 Å². The molecule has 25 heavy (non-hydrogen) atoms. The second-order valence-corrected chi connectivity index (χ2v) is 5.90. The molecule has 0 aliphatic carbocycles. The summed E-state index contributed by atoms with van der Waals surface area (Å²) in [5.74, 6) is 1.45. The van der Waals surface area contributed by atoms with E-state index in [2.05, 4.69) is 15.2 Å². The van der Waals surface area contributed by atoms with Crippen LogP contribution in [0.2, 0.25) is 0 Å². The third kappa shape index (κ3) is 4.51. The summed E-state index contributed by atoms with van der Waals surface area (Å²) in [6.07, 6.45) is 3.78. The molecule has 0 fully saturated rings. The number of carboxylic acid groups (broad SMARTS) is 1. The fourth-order valence-corrected chi connectivity index (χ4v) is 2.53. The van der Waals surface area contributed by atoms with Gasteiger partial charge in [0.05, 0.1) is 12.9 Å². The molecule has 0 saturated heterocycles. The molecule has 3 aromatic rings. The van der Waals surface area contributed by atoms with E-state index in [1.807, 2.05) is 42.5 Å². The van der Waals surface area contributed by atoms with Crippen molar-refractivity contribution in [3.8, 4) is 17.3 Å². The Balaban J connectivity index is 1.67. The molecule has 0 unspecified atom stereocenters. The van der Waals surface area contributed by atoms with Crippen LogP contribution in [0.15, 0.2) is 46.0 Å². The minimum atomic E-state index is -0.916. The third-order valence-corrected chi connectivity index (χ3v) is 4.04. The van der Waals surface area contributed by atoms with Crippen LogP contribution in [-0.4, -0.2) is 39.1 Å². The van der Waals surface area contributed by atoms with Gasteiger partial charge < -0.3 is 14.3 Å². The van der Waals surface area contributed by atoms with Crippen LogP contribution in [0, 0.1) is 0 Å². The molecule has 2 aromatic heterocycles. The number of hydrogen-bond acceptors (Lipinski definition) is 6. The van der Waals surface area contributed by atoms with E-state index in [0.717, 1.165) is 23.1 Å². The van der Waals surface area contributed by atoms with E-state index in [4.69, 9.17) is 14.3 Å². The van der Waals surface area contributed by atoms with Gasteiger partial charge in [0, 0.05) is 0 Å². The summed E-state index contributed by atoms with van der Waals surface area (Å²) in [7, 11) is 1.63. The zero-order valence-corrected chi connectivity index (χ0v) is 14.1. The first-order valence-electron chi connectivity index (χ1n) is 7.33. The first kappa shape index (κ1) is 16.8. The maximum Gasteiger partial charge on any atom is 0.313 e. The number of furan rings is 1. The molecule has 0 spiro atoms. The number of nitrogens with zero attached hydrogens (tertiary/aromatic N) is 2. The largest absolute Gasteiger partial charge is 0.497 e. The van der Waals surface area contributed by atoms with Gasteiger partial charge in [-0.3, -0.25) is 9.89 Å². The molecule has 1 aromatic carbocycles. The highest BCUT2D eigenvalue weighted by Crippen LogP contribution is 2.22. The number of thioether (sulfide) groups is 1. The zero-order valence-electron chi connectivity index (χ0n) is 13.3. The molecule has 8 heteroatoms. The fourth-order valence-electron chi connectivity index (χ4n) is 2.01. The van der Waals surface area contributed by atoms with E-state index in [1.165, 1.54) is 0 Å². The van der Waals surface area contributed by atoms with Gasteiger partial charge in [0.1, 0.15) is 11.5 Å². The van der Waals surface area contributed by atoms with Gasteiger partial charge >= 0.3 is 5.97 Å². The number of rotatable bonds is 7. The summed E-state index contributed by atoms with van der Waals surface area (Å²) in [5, 5.41) is 15.7. The van der Waals surface area contributed by atoms with Crippen LogP contribution in [-0.2, 0) is 4.79 Å². The van der Waals surface area contributed by atoms with Crippen LogP contribution in [0.5, 0.6) is 5.75 Å². The van der Waals surface area contributed by atoms with Crippen LogP contribution in [0.3, 0.4) is 0 Å². The first-order chi connectivity index (χ1) is 12.1. The summed E-state index contributed by atoms with van der Waals surface area (Å²) in [6.45, 7) is 0. The highest BCUT2D eigenvalue weighted by molar-refractivity contribution is 7.99. The molecule has 0 amide bonds. The number of aromatic amines is 1. The van der Waals surface area contributed by atoms with Gasteiger partial charge in [-0.25, -0.2) is 0 Å². The minimum Gasteiger partial charge on any atom is -0.497 e. The van der Waals surface area contributed by atoms with Gasteiger partial charge in [-0.05, 0) is 35.9 Å². The number of aromatic nitrogens is 3. The highest BCUT2D eigenvalue weighted by atomic mass is 32.2. The lowest BCUT2D eigenvalue weighted by Crippen LogP contribution is -1.97. The molecule has 128 valence electrons. The molecule has 0 atom stereocenters. The SMILES string of the molecule is COc1ccc(/C=C/c2ccc(-c3nc(SCC(=O)O)n[nH]3)o2)cc1. The standard InChI is InChI=1S/C17H15N3O4S/c1-23-12-5-2-11(3-6-12)4-7-13-8-9-14(24-13)16-18-17(20-19-16)25-10-15(21)22/h2-9H,10H2,1H3,(H,21,22)(H,18,19,20)/b7-4+. The van der Waals surface area contributed by atoms with Gasteiger partial charge in [0.2, 0.25) is 5.16 Å². The predicted molar refractivity (Wildman–Crippen MR) is 94.4 cm³/mol. The van der Waals surface area contributed by atoms with Crippen LogP contribution in [0.25, 0.3) is 23.7 Å². The van der Waals surface area contributed by atoms with E-state index < -0.39 is 5.97 Å². The van der Waals surface area contributed by atoms with Crippen molar-refractivity contribution < 1.29 is 19.1 Å². The van der Waals surface area contributed by atoms with Crippen LogP contribution >= 0.6 is 11.8 Å². The lowest BCUT2D eigenvalue weighted by Gasteiger charge is -1.98. The van der Waals surface area contributed by atoms with Gasteiger partial charge in [0.25, 0.3) is 0 Å². The monoisotopic (exact) mass is 357 g/mol. The second-order valence-electron chi connectivity index (χ2n) is 4.96. The van der Waals surface area contributed by atoms with E-state index in [-0.39, 0.29) is 5.75 Å². The van der Waals surface area contributed by atoms with Gasteiger partial charge in [0.15, 0.2) is 11.6 Å². The Morgan fingerprint density at radius 1 is 1.28 bits per heavy atom. The molecule has 0 aliphatic rings. The fraction of sp³-hybridized carbons (Fsp3) is 0.118. The minimum absolute atomic E-state index is 0.0920. The summed E-state index contributed by atoms with van der Waals surface area (Å²) >= 11 is 1.04. The van der Waals surface area contributed by atoms with Crippen molar-refractivity contribution in [2.45, 2.75) is 5.16 Å². The molecular weight excluding hydrogens is 342 g/mol. The first-order valence-corrected chi connectivity index (χ1v) is 8.32. The number of aliphatic carboxylic acids is 1. The molecule has 0 bridgehead atoms. The van der Waals surface area contributed by atoms with Crippen LogP contribution < -0.4 is 4.74 Å². The van der Waals surface area contributed by atoms with Crippen molar-refractivity contribution in [3.63, 3.8) is 0 Å². The van der Waals surface area contributed by atoms with Gasteiger partial charge in [-0.15, -0.1) is 5.10 Å². The smallest absolute Gasteiger partial charge is 0.313 e. The van der Waals surface area contributed by atoms with Crippen molar-refractivity contribution >= 4 is 29.9 Å². The number of H-pyrrole nitrogens is 1. The summed E-state index contributed by atoms with van der Waals surface area (Å²) in [5.41, 5.74) is 1.02.